The Morgan fingerprint density at radius 1 is 1.11 bits per heavy atom. The quantitative estimate of drug-likeness (QED) is 0.511. The summed E-state index contributed by atoms with van der Waals surface area (Å²) in [6.45, 7) is 3.65. The molecule has 142 valence electrons. The van der Waals surface area contributed by atoms with Crippen LogP contribution in [0.3, 0.4) is 0 Å². The minimum atomic E-state index is -1.13. The molecule has 0 spiro atoms. The van der Waals surface area contributed by atoms with Crippen LogP contribution in [0.2, 0.25) is 0 Å². The summed E-state index contributed by atoms with van der Waals surface area (Å²) in [6, 6.07) is 8.76. The lowest BCUT2D eigenvalue weighted by Gasteiger charge is -2.14. The second-order valence-corrected chi connectivity index (χ2v) is 7.91. The van der Waals surface area contributed by atoms with E-state index >= 15 is 0 Å². The zero-order valence-electron chi connectivity index (χ0n) is 14.4. The van der Waals surface area contributed by atoms with Crippen LogP contribution in [0, 0.1) is 13.8 Å². The van der Waals surface area contributed by atoms with Crippen molar-refractivity contribution in [2.75, 3.05) is 11.9 Å². The van der Waals surface area contributed by atoms with Gasteiger partial charge < -0.3 is 15.2 Å². The largest absolute Gasteiger partial charge is 0.484 e. The Balaban J connectivity index is 1.99. The fourth-order valence-electron chi connectivity index (χ4n) is 2.34. The third kappa shape index (κ3) is 6.30. The second kappa shape index (κ2) is 9.29. The summed E-state index contributed by atoms with van der Waals surface area (Å²) in [4.78, 5) is 23.5. The number of aromatic carboxylic acids is 1. The normalized spacial score (nSPS) is 10.2. The minimum Gasteiger partial charge on any atom is -0.484 e. The number of hydrogen-bond acceptors (Lipinski definition) is 4. The van der Waals surface area contributed by atoms with Crippen molar-refractivity contribution in [3.05, 3.63) is 56.0 Å². The van der Waals surface area contributed by atoms with Gasteiger partial charge in [-0.25, -0.2) is 4.79 Å². The van der Waals surface area contributed by atoms with E-state index in [1.54, 1.807) is 6.07 Å². The zero-order chi connectivity index (χ0) is 20.1. The molecule has 2 aromatic carbocycles. The van der Waals surface area contributed by atoms with E-state index in [4.69, 9.17) is 17.0 Å². The van der Waals surface area contributed by atoms with Gasteiger partial charge in [0.2, 0.25) is 0 Å². The lowest BCUT2D eigenvalue weighted by atomic mass is 10.1. The SMILES string of the molecule is Cc1cc(C)cc(OCC(=O)NC(=S)Nc2c(Br)cc(Br)cc2C(=O)O)c1. The number of aryl methyl sites for hydroxylation is 2. The van der Waals surface area contributed by atoms with Crippen LogP contribution >= 0.6 is 44.1 Å². The molecule has 2 rings (SSSR count). The van der Waals surface area contributed by atoms with Crippen LogP contribution in [0.4, 0.5) is 5.69 Å². The van der Waals surface area contributed by atoms with Gasteiger partial charge in [0.25, 0.3) is 5.91 Å². The summed E-state index contributed by atoms with van der Waals surface area (Å²) >= 11 is 11.6. The summed E-state index contributed by atoms with van der Waals surface area (Å²) in [6.07, 6.45) is 0. The lowest BCUT2D eigenvalue weighted by Crippen LogP contribution is -2.37. The molecule has 2 aromatic rings. The average molecular weight is 516 g/mol. The van der Waals surface area contributed by atoms with Crippen LogP contribution in [0.5, 0.6) is 5.75 Å². The number of carboxylic acids is 1. The summed E-state index contributed by atoms with van der Waals surface area (Å²) in [5.74, 6) is -1.01. The molecule has 0 fully saturated rings. The summed E-state index contributed by atoms with van der Waals surface area (Å²) in [7, 11) is 0. The molecule has 0 bridgehead atoms. The van der Waals surface area contributed by atoms with Crippen LogP contribution in [-0.4, -0.2) is 28.7 Å². The van der Waals surface area contributed by atoms with Crippen LogP contribution in [-0.2, 0) is 4.79 Å². The lowest BCUT2D eigenvalue weighted by molar-refractivity contribution is -0.121. The Kier molecular flexibility index (Phi) is 7.34. The summed E-state index contributed by atoms with van der Waals surface area (Å²) in [5.41, 5.74) is 2.30. The first-order valence-electron chi connectivity index (χ1n) is 7.70. The highest BCUT2D eigenvalue weighted by atomic mass is 79.9. The molecule has 0 saturated heterocycles. The number of carbonyl (C=O) groups is 2. The van der Waals surface area contributed by atoms with E-state index in [2.05, 4.69) is 42.5 Å². The van der Waals surface area contributed by atoms with Gasteiger partial charge in [-0.05, 0) is 77.4 Å². The van der Waals surface area contributed by atoms with Gasteiger partial charge in [0.15, 0.2) is 11.7 Å². The number of rotatable bonds is 5. The number of nitrogens with one attached hydrogen (secondary N) is 2. The van der Waals surface area contributed by atoms with E-state index in [0.717, 1.165) is 11.1 Å². The number of amides is 1. The van der Waals surface area contributed by atoms with Gasteiger partial charge in [0, 0.05) is 8.95 Å². The molecule has 9 heteroatoms. The first-order valence-corrected chi connectivity index (χ1v) is 9.69. The number of carbonyl (C=O) groups excluding carboxylic acids is 1. The molecule has 0 atom stereocenters. The first kappa shape index (κ1) is 21.3. The standard InChI is InChI=1S/C18H16Br2N2O4S/c1-9-3-10(2)5-12(4-9)26-8-15(23)21-18(27)22-16-13(17(24)25)6-11(19)7-14(16)20/h3-7H,8H2,1-2H3,(H,24,25)(H2,21,22,23,27). The van der Waals surface area contributed by atoms with E-state index in [0.29, 0.717) is 14.7 Å². The highest BCUT2D eigenvalue weighted by Gasteiger charge is 2.16. The Morgan fingerprint density at radius 2 is 1.74 bits per heavy atom. The van der Waals surface area contributed by atoms with Crippen molar-refractivity contribution in [2.24, 2.45) is 0 Å². The second-order valence-electron chi connectivity index (χ2n) is 5.73. The smallest absolute Gasteiger partial charge is 0.337 e. The third-order valence-corrected chi connectivity index (χ3v) is 4.63. The van der Waals surface area contributed by atoms with Crippen LogP contribution < -0.4 is 15.4 Å². The number of carboxylic acid groups (broad SMARTS) is 1. The molecular weight excluding hydrogens is 500 g/mol. The van der Waals surface area contributed by atoms with Gasteiger partial charge in [-0.3, -0.25) is 10.1 Å². The van der Waals surface area contributed by atoms with E-state index < -0.39 is 11.9 Å². The molecular formula is C18H16Br2N2O4S. The Bertz CT molecular complexity index is 898. The van der Waals surface area contributed by atoms with E-state index in [9.17, 15) is 14.7 Å². The molecule has 0 saturated carbocycles. The third-order valence-electron chi connectivity index (χ3n) is 3.34. The fourth-order valence-corrected chi connectivity index (χ4v) is 3.88. The molecule has 27 heavy (non-hydrogen) atoms. The van der Waals surface area contributed by atoms with Crippen molar-refractivity contribution < 1.29 is 19.4 Å². The van der Waals surface area contributed by atoms with Gasteiger partial charge in [-0.2, -0.15) is 0 Å². The topological polar surface area (TPSA) is 87.7 Å². The molecule has 0 unspecified atom stereocenters. The number of thiocarbonyl (C=S) groups is 1. The molecule has 0 radical (unpaired) electrons. The number of hydrogen-bond donors (Lipinski definition) is 3. The molecule has 0 aliphatic rings. The predicted octanol–water partition coefficient (Wildman–Crippen LogP) is 4.42. The Morgan fingerprint density at radius 3 is 2.33 bits per heavy atom. The van der Waals surface area contributed by atoms with Gasteiger partial charge in [0.05, 0.1) is 11.3 Å². The molecule has 3 N–H and O–H groups in total. The van der Waals surface area contributed by atoms with Crippen molar-refractivity contribution in [1.82, 2.24) is 5.32 Å². The van der Waals surface area contributed by atoms with Crippen molar-refractivity contribution in [2.45, 2.75) is 13.8 Å². The highest BCUT2D eigenvalue weighted by Crippen LogP contribution is 2.30. The number of benzene rings is 2. The number of anilines is 1. The van der Waals surface area contributed by atoms with E-state index in [1.165, 1.54) is 6.07 Å². The monoisotopic (exact) mass is 514 g/mol. The zero-order valence-corrected chi connectivity index (χ0v) is 18.4. The maximum atomic E-state index is 12.0. The minimum absolute atomic E-state index is 0.000616. The fraction of sp³-hybridized carbons (Fsp3) is 0.167. The maximum absolute atomic E-state index is 12.0. The maximum Gasteiger partial charge on any atom is 0.337 e. The van der Waals surface area contributed by atoms with Crippen LogP contribution in [0.1, 0.15) is 21.5 Å². The average Bonchev–Trinajstić information content (AvgIpc) is 2.54. The van der Waals surface area contributed by atoms with Gasteiger partial charge in [-0.1, -0.05) is 22.0 Å². The summed E-state index contributed by atoms with van der Waals surface area (Å²) < 4.78 is 6.55. The van der Waals surface area contributed by atoms with Crippen LogP contribution in [0.25, 0.3) is 0 Å². The Labute approximate surface area is 178 Å². The van der Waals surface area contributed by atoms with Gasteiger partial charge in [0.1, 0.15) is 5.75 Å². The van der Waals surface area contributed by atoms with Crippen LogP contribution in [0.15, 0.2) is 39.3 Å². The summed E-state index contributed by atoms with van der Waals surface area (Å²) in [5, 5.41) is 14.5. The van der Waals surface area contributed by atoms with Crippen molar-refractivity contribution in [3.63, 3.8) is 0 Å². The molecule has 1 amide bonds. The highest BCUT2D eigenvalue weighted by molar-refractivity contribution is 9.11. The number of halogens is 2. The predicted molar refractivity (Wildman–Crippen MR) is 115 cm³/mol. The van der Waals surface area contributed by atoms with Crippen molar-refractivity contribution >= 4 is 66.8 Å². The molecule has 0 aromatic heterocycles. The first-order chi connectivity index (χ1) is 12.7. The molecule has 0 aliphatic heterocycles. The molecule has 0 heterocycles. The number of ether oxygens (including phenoxy) is 1. The van der Waals surface area contributed by atoms with Crippen molar-refractivity contribution in [1.29, 1.82) is 0 Å². The molecule has 6 nitrogen and oxygen atoms in total. The Hall–Kier alpha value is -1.97. The molecule has 0 aliphatic carbocycles. The van der Waals surface area contributed by atoms with E-state index in [-0.39, 0.29) is 23.0 Å². The van der Waals surface area contributed by atoms with Gasteiger partial charge >= 0.3 is 5.97 Å². The van der Waals surface area contributed by atoms with Crippen molar-refractivity contribution in [3.8, 4) is 5.75 Å². The van der Waals surface area contributed by atoms with Gasteiger partial charge in [-0.15, -0.1) is 0 Å². The van der Waals surface area contributed by atoms with E-state index in [1.807, 2.05) is 32.0 Å².